The van der Waals surface area contributed by atoms with Crippen LogP contribution in [0, 0.1) is 11.8 Å². The van der Waals surface area contributed by atoms with E-state index in [1.807, 2.05) is 42.5 Å². The van der Waals surface area contributed by atoms with Gasteiger partial charge in [0.05, 0.1) is 55.8 Å². The van der Waals surface area contributed by atoms with Crippen molar-refractivity contribution < 1.29 is 92.1 Å². The highest BCUT2D eigenvalue weighted by molar-refractivity contribution is 5.76. The van der Waals surface area contributed by atoms with E-state index >= 15 is 0 Å². The largest absolute Gasteiger partial charge is 0.445 e. The molecule has 0 bridgehead atoms. The summed E-state index contributed by atoms with van der Waals surface area (Å²) in [7, 11) is 1.54. The zero-order valence-corrected chi connectivity index (χ0v) is 47.6. The monoisotopic (exact) mass is 1180 g/mol. The predicted octanol–water partition coefficient (Wildman–Crippen LogP) is 3.99. The molecule has 5 aliphatic rings. The molecule has 4 amide bonds. The number of aliphatic hydroxyl groups excluding tert-OH is 5. The number of nitrogens with zero attached hydrogens (tertiary/aromatic N) is 4. The molecular weight excluding hydrogens is 1100 g/mol. The van der Waals surface area contributed by atoms with Crippen LogP contribution in [0.25, 0.3) is 10.4 Å². The molecule has 5 fully saturated rings. The molecule has 1 unspecified atom stereocenters. The fourth-order valence-corrected chi connectivity index (χ4v) is 11.2. The average Bonchev–Trinajstić information content (AvgIpc) is 3.87. The first-order valence-electron chi connectivity index (χ1n) is 28.4. The van der Waals surface area contributed by atoms with Crippen molar-refractivity contribution in [3.05, 3.63) is 118 Å². The summed E-state index contributed by atoms with van der Waals surface area (Å²) in [6.45, 7) is 5.81. The van der Waals surface area contributed by atoms with Crippen LogP contribution in [0.4, 0.5) is 14.4 Å². The number of fused-ring (bicyclic) bond motifs is 1. The Morgan fingerprint density at radius 3 is 1.95 bits per heavy atom. The van der Waals surface area contributed by atoms with Gasteiger partial charge in [-0.25, -0.2) is 14.4 Å². The second kappa shape index (κ2) is 29.7. The van der Waals surface area contributed by atoms with Crippen LogP contribution >= 0.6 is 0 Å². The Bertz CT molecular complexity index is 2640. The summed E-state index contributed by atoms with van der Waals surface area (Å²) in [4.78, 5) is 57.4. The van der Waals surface area contributed by atoms with E-state index in [2.05, 4.69) is 26.0 Å². The van der Waals surface area contributed by atoms with E-state index in [0.29, 0.717) is 24.0 Å². The summed E-state index contributed by atoms with van der Waals surface area (Å²) in [5, 5.41) is 70.6. The smallest absolute Gasteiger partial charge is 0.407 e. The van der Waals surface area contributed by atoms with Crippen molar-refractivity contribution in [3.8, 4) is 0 Å². The van der Waals surface area contributed by atoms with Gasteiger partial charge in [-0.1, -0.05) is 103 Å². The second-order valence-electron chi connectivity index (χ2n) is 22.8. The number of benzene rings is 3. The van der Waals surface area contributed by atoms with Gasteiger partial charge in [-0.15, -0.1) is 0 Å². The van der Waals surface area contributed by atoms with E-state index in [1.165, 1.54) is 4.90 Å². The number of carbonyl (C=O) groups excluding carboxylic acids is 4. The first kappa shape index (κ1) is 63.8. The van der Waals surface area contributed by atoms with Crippen LogP contribution in [0.15, 0.2) is 96.1 Å². The summed E-state index contributed by atoms with van der Waals surface area (Å²) >= 11 is 0. The van der Waals surface area contributed by atoms with Gasteiger partial charge in [0.15, 0.2) is 18.9 Å². The van der Waals surface area contributed by atoms with Crippen LogP contribution in [0.3, 0.4) is 0 Å². The van der Waals surface area contributed by atoms with Gasteiger partial charge >= 0.3 is 18.3 Å². The number of aliphatic hydroxyl groups is 5. The third-order valence-corrected chi connectivity index (χ3v) is 15.5. The molecule has 19 atom stereocenters. The molecule has 26 heteroatoms. The van der Waals surface area contributed by atoms with Crippen LogP contribution < -0.4 is 16.0 Å². The second-order valence-corrected chi connectivity index (χ2v) is 22.8. The van der Waals surface area contributed by atoms with Gasteiger partial charge in [0.1, 0.15) is 61.5 Å². The van der Waals surface area contributed by atoms with Crippen molar-refractivity contribution in [1.82, 2.24) is 20.9 Å². The normalized spacial score (nSPS) is 33.0. The third-order valence-electron chi connectivity index (χ3n) is 15.5. The molecule has 0 spiro atoms. The zero-order valence-electron chi connectivity index (χ0n) is 47.6. The highest BCUT2D eigenvalue weighted by atomic mass is 16.8. The number of hydrogen-bond donors (Lipinski definition) is 8. The van der Waals surface area contributed by atoms with Crippen molar-refractivity contribution in [2.75, 3.05) is 33.3 Å². The Labute approximate surface area is 486 Å². The lowest BCUT2D eigenvalue weighted by Crippen LogP contribution is -2.66. The quantitative estimate of drug-likeness (QED) is 0.0323. The van der Waals surface area contributed by atoms with E-state index in [-0.39, 0.29) is 52.1 Å². The van der Waals surface area contributed by atoms with E-state index in [0.717, 1.165) is 5.56 Å². The maximum atomic E-state index is 13.9. The zero-order chi connectivity index (χ0) is 60.1. The molecule has 26 nitrogen and oxygen atoms in total. The molecule has 8 N–H and O–H groups in total. The molecule has 8 rings (SSSR count). The predicted molar refractivity (Wildman–Crippen MR) is 294 cm³/mol. The minimum atomic E-state index is -1.78. The minimum Gasteiger partial charge on any atom is -0.445 e. The number of hydrogen-bond acceptors (Lipinski definition) is 20. The van der Waals surface area contributed by atoms with Crippen LogP contribution in [0.1, 0.15) is 82.6 Å². The molecule has 3 aromatic rings. The molecule has 0 radical (unpaired) electrons. The maximum absolute atomic E-state index is 13.9. The molecule has 1 saturated carbocycles. The highest BCUT2D eigenvalue weighted by Gasteiger charge is 2.56. The third kappa shape index (κ3) is 17.0. The molecule has 4 saturated heterocycles. The summed E-state index contributed by atoms with van der Waals surface area (Å²) in [5.74, 6) is -1.83. The topological polar surface area (TPSA) is 350 Å². The number of ether oxygens (including phenoxy) is 10. The maximum Gasteiger partial charge on any atom is 0.407 e. The van der Waals surface area contributed by atoms with Crippen molar-refractivity contribution >= 4 is 24.2 Å². The summed E-state index contributed by atoms with van der Waals surface area (Å²) in [6, 6.07) is 24.8. The van der Waals surface area contributed by atoms with Gasteiger partial charge in [-0.3, -0.25) is 4.79 Å². The van der Waals surface area contributed by atoms with Gasteiger partial charge in [-0.2, -0.15) is 0 Å². The molecule has 1 aliphatic carbocycles. The molecular formula is C58H79N7O19. The number of nitrogens with one attached hydrogen (secondary N) is 3. The van der Waals surface area contributed by atoms with Crippen molar-refractivity contribution in [1.29, 1.82) is 0 Å². The number of amides is 4. The summed E-state index contributed by atoms with van der Waals surface area (Å²) in [6.07, 6.45) is -21.3. The molecule has 0 aromatic heterocycles. The van der Waals surface area contributed by atoms with Gasteiger partial charge in [0, 0.05) is 37.9 Å². The minimum absolute atomic E-state index is 0.0596. The molecule has 4 aliphatic heterocycles. The van der Waals surface area contributed by atoms with E-state index in [9.17, 15) is 50.2 Å². The lowest BCUT2D eigenvalue weighted by atomic mass is 9.74. The SMILES string of the molecule is C[C@H]1C[C@@H](CC(=O)N(C)CCNC(=O)OC(C)(C)C)[C@H](O)[C@@H](O[C@@H]2O[C@H](CO)[C@@H](O[C@H]3O[C@H]4CCC(c5ccccc5)O[C@H]4[C@H](O)[C@H]3NC(=O)OCc3ccccc3)[C@H]2O)[C@@H]1O[C@H]1O[C@H](CN=[N+]=[N-])[C@@H](O)C[C@H]1NC(=O)OCc1ccccc1. The molecule has 460 valence electrons. The first-order valence-corrected chi connectivity index (χ1v) is 28.4. The van der Waals surface area contributed by atoms with Crippen LogP contribution in [0.2, 0.25) is 0 Å². The van der Waals surface area contributed by atoms with Crippen LogP contribution in [0.5, 0.6) is 0 Å². The lowest BCUT2D eigenvalue weighted by molar-refractivity contribution is -0.311. The fourth-order valence-electron chi connectivity index (χ4n) is 11.2. The Morgan fingerprint density at radius 2 is 1.32 bits per heavy atom. The standard InChI is InChI=1S/C58H79N7O19/c1-32-25-36(26-43(68)65(5)24-23-60-55(72)84-58(2,3)4)45(69)51(48(32)81-52-37(27-38(67)41(79-52)28-61-64-59)62-56(73)75-30-33-15-9-6-10-16-33)83-54-47(71)50(42(29-66)80-54)82-53-44(63-57(74)76-31-34-17-11-7-12-18-34)46(70)49-40(78-53)22-21-39(77-49)35-19-13-8-14-20-35/h6-20,32,36-42,44-54,66-67,69-71H,21-31H2,1-5H3,(H,60,72)(H,62,73)(H,63,74)/t32-,36-,37+,38-,39?,40-,41+,42+,44+,45-,46+,47+,48+,49+,50+,51+,52+,53+,54-/m0/s1. The number of alkyl carbamates (subject to hydrolysis) is 3. The van der Waals surface area contributed by atoms with Crippen molar-refractivity contribution in [3.63, 3.8) is 0 Å². The lowest BCUT2D eigenvalue weighted by Gasteiger charge is -2.48. The van der Waals surface area contributed by atoms with E-state index in [4.69, 9.17) is 47.4 Å². The van der Waals surface area contributed by atoms with Gasteiger partial charge < -0.3 is 93.8 Å². The van der Waals surface area contributed by atoms with Crippen LogP contribution in [-0.4, -0.2) is 192 Å². The fraction of sp³-hybridized carbons (Fsp3) is 0.621. The van der Waals surface area contributed by atoms with Crippen molar-refractivity contribution in [2.24, 2.45) is 17.0 Å². The Morgan fingerprint density at radius 1 is 0.714 bits per heavy atom. The Balaban J connectivity index is 1.03. The van der Waals surface area contributed by atoms with Gasteiger partial charge in [0.2, 0.25) is 5.91 Å². The van der Waals surface area contributed by atoms with Crippen molar-refractivity contribution in [2.45, 2.75) is 183 Å². The highest BCUT2D eigenvalue weighted by Crippen LogP contribution is 2.42. The average molecular weight is 1180 g/mol. The van der Waals surface area contributed by atoms with E-state index < -0.39 is 152 Å². The summed E-state index contributed by atoms with van der Waals surface area (Å²) in [5.41, 5.74) is 10.7. The Kier molecular flexibility index (Phi) is 22.6. The van der Waals surface area contributed by atoms with Gasteiger partial charge in [0.25, 0.3) is 0 Å². The Hall–Kier alpha value is -6.23. The molecule has 4 heterocycles. The first-order chi connectivity index (χ1) is 40.3. The number of carbonyl (C=O) groups is 4. The molecule has 84 heavy (non-hydrogen) atoms. The number of rotatable bonds is 21. The van der Waals surface area contributed by atoms with Gasteiger partial charge in [-0.05, 0) is 74.1 Å². The van der Waals surface area contributed by atoms with E-state index in [1.54, 1.807) is 83.3 Å². The summed E-state index contributed by atoms with van der Waals surface area (Å²) < 4.78 is 61.5. The number of azide groups is 1. The number of likely N-dealkylation sites (N-methyl/N-ethyl adjacent to an activating group) is 1. The van der Waals surface area contributed by atoms with Crippen LogP contribution in [-0.2, 0) is 65.4 Å². The molecule has 3 aromatic carbocycles.